The number of halogens is 2. The summed E-state index contributed by atoms with van der Waals surface area (Å²) < 4.78 is 13.6. The Hall–Kier alpha value is -2.12. The van der Waals surface area contributed by atoms with Gasteiger partial charge in [0.15, 0.2) is 5.58 Å². The van der Waals surface area contributed by atoms with E-state index in [4.69, 9.17) is 9.15 Å². The molecule has 162 valence electrons. The molecule has 0 saturated carbocycles. The van der Waals surface area contributed by atoms with Crippen LogP contribution in [0.25, 0.3) is 11.1 Å². The summed E-state index contributed by atoms with van der Waals surface area (Å²) in [5.74, 6) is 0.762. The Kier molecular flexibility index (Phi) is 8.03. The second-order valence-corrected chi connectivity index (χ2v) is 9.87. The smallest absolute Gasteiger partial charge is 0.257 e. The standard InChI is InChI=1S/C23H17I2N3O3S/c24-17-10-16(11-18(25)22(17)30-13-15-6-2-1-3-7-15)12-26-28-21(29)14-32-23-27-19-8-4-5-9-20(19)31-23/h1-12H,13-14H2,(H,28,29)/b26-12-. The first-order chi connectivity index (χ1) is 15.6. The zero-order chi connectivity index (χ0) is 22.3. The molecule has 1 N–H and O–H groups in total. The van der Waals surface area contributed by atoms with Crippen LogP contribution >= 0.6 is 56.9 Å². The number of rotatable bonds is 8. The Bertz CT molecular complexity index is 1210. The van der Waals surface area contributed by atoms with E-state index in [1.165, 1.54) is 11.8 Å². The Morgan fingerprint density at radius 1 is 1.09 bits per heavy atom. The van der Waals surface area contributed by atoms with Gasteiger partial charge in [0, 0.05) is 0 Å². The van der Waals surface area contributed by atoms with Gasteiger partial charge in [-0.25, -0.2) is 10.4 Å². The average Bonchev–Trinajstić information content (AvgIpc) is 3.21. The van der Waals surface area contributed by atoms with E-state index in [1.807, 2.05) is 66.7 Å². The van der Waals surface area contributed by atoms with Crippen molar-refractivity contribution in [3.05, 3.63) is 85.0 Å². The fraction of sp³-hybridized carbons (Fsp3) is 0.0870. The summed E-state index contributed by atoms with van der Waals surface area (Å²) in [5.41, 5.74) is 6.00. The summed E-state index contributed by atoms with van der Waals surface area (Å²) in [6, 6.07) is 21.5. The summed E-state index contributed by atoms with van der Waals surface area (Å²) in [6.45, 7) is 0.508. The van der Waals surface area contributed by atoms with Crippen molar-refractivity contribution in [3.63, 3.8) is 0 Å². The monoisotopic (exact) mass is 669 g/mol. The number of nitrogens with zero attached hydrogens (tertiary/aromatic N) is 2. The molecule has 4 rings (SSSR count). The molecule has 0 aliphatic carbocycles. The van der Waals surface area contributed by atoms with E-state index in [0.717, 1.165) is 29.5 Å². The molecule has 0 fully saturated rings. The van der Waals surface area contributed by atoms with Gasteiger partial charge < -0.3 is 9.15 Å². The summed E-state index contributed by atoms with van der Waals surface area (Å²) >= 11 is 5.72. The van der Waals surface area contributed by atoms with Gasteiger partial charge in [-0.05, 0) is 80.6 Å². The topological polar surface area (TPSA) is 76.7 Å². The van der Waals surface area contributed by atoms with E-state index >= 15 is 0 Å². The van der Waals surface area contributed by atoms with Crippen molar-refractivity contribution < 1.29 is 13.9 Å². The minimum absolute atomic E-state index is 0.158. The molecule has 0 aliphatic rings. The van der Waals surface area contributed by atoms with Crippen LogP contribution in [0.5, 0.6) is 5.75 Å². The van der Waals surface area contributed by atoms with Gasteiger partial charge in [-0.1, -0.05) is 54.2 Å². The lowest BCUT2D eigenvalue weighted by Crippen LogP contribution is -2.19. The van der Waals surface area contributed by atoms with Gasteiger partial charge >= 0.3 is 0 Å². The molecular formula is C23H17I2N3O3S. The summed E-state index contributed by atoms with van der Waals surface area (Å²) in [5, 5.41) is 4.52. The van der Waals surface area contributed by atoms with Crippen molar-refractivity contribution in [2.24, 2.45) is 5.10 Å². The van der Waals surface area contributed by atoms with Crippen molar-refractivity contribution in [1.82, 2.24) is 10.4 Å². The molecule has 4 aromatic rings. The van der Waals surface area contributed by atoms with Crippen LogP contribution in [0.4, 0.5) is 0 Å². The number of amides is 1. The van der Waals surface area contributed by atoms with Crippen LogP contribution in [0, 0.1) is 7.14 Å². The van der Waals surface area contributed by atoms with Crippen molar-refractivity contribution in [1.29, 1.82) is 0 Å². The van der Waals surface area contributed by atoms with E-state index in [1.54, 1.807) is 6.21 Å². The maximum atomic E-state index is 12.1. The molecule has 0 radical (unpaired) electrons. The molecule has 9 heteroatoms. The van der Waals surface area contributed by atoms with E-state index in [2.05, 4.69) is 60.7 Å². The SMILES string of the molecule is O=C(CSc1nc2ccccc2o1)N/N=C\c1cc(I)c(OCc2ccccc2)c(I)c1. The highest BCUT2D eigenvalue weighted by molar-refractivity contribution is 14.1. The molecule has 0 atom stereocenters. The third kappa shape index (κ3) is 6.23. The first kappa shape index (κ1) is 23.1. The highest BCUT2D eigenvalue weighted by Gasteiger charge is 2.10. The molecular weight excluding hydrogens is 652 g/mol. The highest BCUT2D eigenvalue weighted by atomic mass is 127. The molecule has 0 unspecified atom stereocenters. The van der Waals surface area contributed by atoms with Gasteiger partial charge in [0.05, 0.1) is 19.1 Å². The number of carbonyl (C=O) groups is 1. The number of hydrogen-bond donors (Lipinski definition) is 1. The molecule has 1 amide bonds. The number of fused-ring (bicyclic) bond motifs is 1. The molecule has 0 bridgehead atoms. The number of benzene rings is 3. The van der Waals surface area contributed by atoms with Crippen LogP contribution in [0.3, 0.4) is 0 Å². The predicted molar refractivity (Wildman–Crippen MR) is 143 cm³/mol. The zero-order valence-electron chi connectivity index (χ0n) is 16.6. The van der Waals surface area contributed by atoms with Crippen LogP contribution in [-0.4, -0.2) is 22.9 Å². The molecule has 32 heavy (non-hydrogen) atoms. The molecule has 1 aromatic heterocycles. The van der Waals surface area contributed by atoms with E-state index in [9.17, 15) is 4.79 Å². The summed E-state index contributed by atoms with van der Waals surface area (Å²) in [6.07, 6.45) is 1.62. The number of para-hydroxylation sites is 2. The molecule has 0 aliphatic heterocycles. The number of ether oxygens (including phenoxy) is 1. The van der Waals surface area contributed by atoms with Gasteiger partial charge in [0.1, 0.15) is 17.9 Å². The molecule has 0 saturated heterocycles. The number of thioether (sulfide) groups is 1. The lowest BCUT2D eigenvalue weighted by molar-refractivity contribution is -0.118. The Labute approximate surface area is 216 Å². The Morgan fingerprint density at radius 3 is 2.56 bits per heavy atom. The predicted octanol–water partition coefficient (Wildman–Crippen LogP) is 5.86. The number of hydrogen-bond acceptors (Lipinski definition) is 6. The van der Waals surface area contributed by atoms with Gasteiger partial charge in [0.2, 0.25) is 0 Å². The lowest BCUT2D eigenvalue weighted by Gasteiger charge is -2.11. The fourth-order valence-corrected chi connectivity index (χ4v) is 5.53. The van der Waals surface area contributed by atoms with E-state index < -0.39 is 0 Å². The van der Waals surface area contributed by atoms with Gasteiger partial charge in [-0.3, -0.25) is 4.79 Å². The number of oxazole rings is 1. The Morgan fingerprint density at radius 2 is 1.81 bits per heavy atom. The summed E-state index contributed by atoms with van der Waals surface area (Å²) in [7, 11) is 0. The maximum absolute atomic E-state index is 12.1. The van der Waals surface area contributed by atoms with Crippen molar-refractivity contribution in [3.8, 4) is 5.75 Å². The minimum Gasteiger partial charge on any atom is -0.487 e. The first-order valence-corrected chi connectivity index (χ1v) is 12.7. The van der Waals surface area contributed by atoms with E-state index in [0.29, 0.717) is 17.4 Å². The number of nitrogens with one attached hydrogen (secondary N) is 1. The van der Waals surface area contributed by atoms with Crippen LogP contribution < -0.4 is 10.2 Å². The highest BCUT2D eigenvalue weighted by Crippen LogP contribution is 2.29. The van der Waals surface area contributed by atoms with Crippen molar-refractivity contribution in [2.75, 3.05) is 5.75 Å². The third-order valence-corrected chi connectivity index (χ3v) is 6.68. The van der Waals surface area contributed by atoms with E-state index in [-0.39, 0.29) is 11.7 Å². The second-order valence-electron chi connectivity index (χ2n) is 6.62. The number of carbonyl (C=O) groups excluding carboxylic acids is 1. The van der Waals surface area contributed by atoms with Crippen LogP contribution in [0.1, 0.15) is 11.1 Å². The summed E-state index contributed by atoms with van der Waals surface area (Å²) in [4.78, 5) is 16.4. The van der Waals surface area contributed by atoms with Crippen molar-refractivity contribution >= 4 is 80.2 Å². The quantitative estimate of drug-likeness (QED) is 0.110. The maximum Gasteiger partial charge on any atom is 0.257 e. The molecule has 1 heterocycles. The molecule has 0 spiro atoms. The number of hydrazone groups is 1. The van der Waals surface area contributed by atoms with Gasteiger partial charge in [-0.2, -0.15) is 5.10 Å². The molecule has 6 nitrogen and oxygen atoms in total. The Balaban J connectivity index is 1.30. The normalized spacial score (nSPS) is 11.2. The number of aromatic nitrogens is 1. The van der Waals surface area contributed by atoms with Crippen molar-refractivity contribution in [2.45, 2.75) is 11.8 Å². The largest absolute Gasteiger partial charge is 0.487 e. The van der Waals surface area contributed by atoms with Crippen LogP contribution in [0.2, 0.25) is 0 Å². The third-order valence-electron chi connectivity index (χ3n) is 4.25. The first-order valence-electron chi connectivity index (χ1n) is 9.54. The van der Waals surface area contributed by atoms with Gasteiger partial charge in [-0.15, -0.1) is 0 Å². The second kappa shape index (κ2) is 11.1. The van der Waals surface area contributed by atoms with Crippen LogP contribution in [0.15, 0.2) is 81.5 Å². The van der Waals surface area contributed by atoms with Gasteiger partial charge in [0.25, 0.3) is 11.1 Å². The average molecular weight is 669 g/mol. The molecule has 3 aromatic carbocycles. The van der Waals surface area contributed by atoms with Crippen LogP contribution in [-0.2, 0) is 11.4 Å². The fourth-order valence-electron chi connectivity index (χ4n) is 2.77. The minimum atomic E-state index is -0.235. The lowest BCUT2D eigenvalue weighted by atomic mass is 10.2. The zero-order valence-corrected chi connectivity index (χ0v) is 21.8.